The predicted octanol–water partition coefficient (Wildman–Crippen LogP) is 6.63. The molecule has 0 unspecified atom stereocenters. The van der Waals surface area contributed by atoms with Gasteiger partial charge in [0.25, 0.3) is 5.91 Å². The summed E-state index contributed by atoms with van der Waals surface area (Å²) in [7, 11) is 1.45. The van der Waals surface area contributed by atoms with Crippen LogP contribution in [0.25, 0.3) is 11.1 Å². The zero-order chi connectivity index (χ0) is 25.9. The lowest BCUT2D eigenvalue weighted by Gasteiger charge is -2.29. The van der Waals surface area contributed by atoms with Crippen LogP contribution in [0.5, 0.6) is 0 Å². The second kappa shape index (κ2) is 13.7. The molecule has 3 aromatic rings. The smallest absolute Gasteiger partial charge is 0.310 e. The van der Waals surface area contributed by atoms with Crippen LogP contribution in [-0.2, 0) is 16.0 Å². The van der Waals surface area contributed by atoms with Crippen molar-refractivity contribution in [3.63, 3.8) is 0 Å². The van der Waals surface area contributed by atoms with E-state index in [-0.39, 0.29) is 23.8 Å². The third-order valence-electron chi connectivity index (χ3n) is 7.65. The number of carbonyl (C=O) groups excluding carboxylic acids is 2. The minimum atomic E-state index is -0.366. The van der Waals surface area contributed by atoms with Crippen LogP contribution in [0.3, 0.4) is 0 Å². The summed E-state index contributed by atoms with van der Waals surface area (Å²) in [6.07, 6.45) is 13.1. The molecule has 1 amide bonds. The number of hydrogen-bond acceptors (Lipinski definition) is 4. The van der Waals surface area contributed by atoms with E-state index >= 15 is 0 Å². The van der Waals surface area contributed by atoms with Gasteiger partial charge in [-0.3, -0.25) is 14.6 Å². The second-order valence-corrected chi connectivity index (χ2v) is 10.1. The molecule has 194 valence electrons. The highest BCUT2D eigenvalue weighted by atomic mass is 16.5. The van der Waals surface area contributed by atoms with Gasteiger partial charge in [0, 0.05) is 24.0 Å². The van der Waals surface area contributed by atoms with Gasteiger partial charge in [0.15, 0.2) is 0 Å². The molecule has 1 aliphatic carbocycles. The highest BCUT2D eigenvalue weighted by Gasteiger charge is 2.31. The number of nitrogens with zero attached hydrogens (tertiary/aromatic N) is 1. The molecule has 37 heavy (non-hydrogen) atoms. The topological polar surface area (TPSA) is 68.3 Å². The van der Waals surface area contributed by atoms with Crippen molar-refractivity contribution in [1.82, 2.24) is 10.3 Å². The summed E-state index contributed by atoms with van der Waals surface area (Å²) in [4.78, 5) is 30.5. The van der Waals surface area contributed by atoms with Gasteiger partial charge in [-0.05, 0) is 66.5 Å². The van der Waals surface area contributed by atoms with Crippen LogP contribution in [0.4, 0.5) is 0 Å². The summed E-state index contributed by atoms with van der Waals surface area (Å²) in [5.41, 5.74) is 3.78. The first-order chi connectivity index (χ1) is 18.1. The van der Waals surface area contributed by atoms with Gasteiger partial charge in [-0.1, -0.05) is 80.6 Å². The van der Waals surface area contributed by atoms with Crippen LogP contribution in [0.1, 0.15) is 67.3 Å². The lowest BCUT2D eigenvalue weighted by Crippen LogP contribution is -2.44. The summed E-state index contributed by atoms with van der Waals surface area (Å²) in [5, 5.41) is 3.21. The number of amides is 1. The summed E-state index contributed by atoms with van der Waals surface area (Å²) < 4.78 is 5.24. The maximum absolute atomic E-state index is 13.4. The van der Waals surface area contributed by atoms with Crippen molar-refractivity contribution in [2.24, 2.45) is 11.8 Å². The van der Waals surface area contributed by atoms with E-state index in [4.69, 9.17) is 4.74 Å². The van der Waals surface area contributed by atoms with Gasteiger partial charge in [-0.15, -0.1) is 0 Å². The molecule has 1 aromatic heterocycles. The number of aromatic nitrogens is 1. The number of benzene rings is 2. The fraction of sp³-hybridized carbons (Fsp3) is 0.406. The predicted molar refractivity (Wildman–Crippen MR) is 147 cm³/mol. The highest BCUT2D eigenvalue weighted by molar-refractivity contribution is 5.95. The second-order valence-electron chi connectivity index (χ2n) is 10.1. The quantitative estimate of drug-likeness (QED) is 0.301. The van der Waals surface area contributed by atoms with E-state index in [1.54, 1.807) is 6.20 Å². The Hall–Kier alpha value is -3.47. The lowest BCUT2D eigenvalue weighted by atomic mass is 9.81. The van der Waals surface area contributed by atoms with E-state index < -0.39 is 0 Å². The van der Waals surface area contributed by atoms with Crippen molar-refractivity contribution >= 4 is 11.9 Å². The van der Waals surface area contributed by atoms with Gasteiger partial charge in [-0.25, -0.2) is 0 Å². The van der Waals surface area contributed by atoms with Gasteiger partial charge >= 0.3 is 5.97 Å². The summed E-state index contributed by atoms with van der Waals surface area (Å²) in [6.45, 7) is 0. The molecule has 0 radical (unpaired) electrons. The Balaban J connectivity index is 1.49. The zero-order valence-electron chi connectivity index (χ0n) is 21.8. The standard InChI is InChI=1S/C32H38N2O3/c1-37-32(36)29(20-14-24-9-4-2-5-10-24)30(21-15-25-11-6-3-7-12-25)34-31(35)27-18-16-26(17-19-27)28-13-8-22-33-23-28/h3,6-8,11-13,16-19,22-24,29-30H,2,4-5,9-10,14-15,20-21H2,1H3,(H,34,35)/t29-,30-/m1/s1. The number of ether oxygens (including phenoxy) is 1. The highest BCUT2D eigenvalue weighted by Crippen LogP contribution is 2.30. The molecule has 2 aromatic carbocycles. The van der Waals surface area contributed by atoms with Gasteiger partial charge < -0.3 is 10.1 Å². The Kier molecular flexibility index (Phi) is 9.87. The Morgan fingerprint density at radius 1 is 0.919 bits per heavy atom. The molecule has 2 atom stereocenters. The molecule has 1 aliphatic rings. The van der Waals surface area contributed by atoms with E-state index in [0.29, 0.717) is 17.9 Å². The summed E-state index contributed by atoms with van der Waals surface area (Å²) >= 11 is 0. The van der Waals surface area contributed by atoms with Crippen molar-refractivity contribution in [3.8, 4) is 11.1 Å². The molecule has 0 saturated heterocycles. The molecule has 1 heterocycles. The van der Waals surface area contributed by atoms with Crippen LogP contribution >= 0.6 is 0 Å². The number of nitrogens with one attached hydrogen (secondary N) is 1. The third-order valence-corrected chi connectivity index (χ3v) is 7.65. The molecule has 5 nitrogen and oxygen atoms in total. The molecule has 0 bridgehead atoms. The Bertz CT molecular complexity index is 1110. The van der Waals surface area contributed by atoms with Crippen molar-refractivity contribution in [2.45, 2.75) is 63.8 Å². The van der Waals surface area contributed by atoms with Crippen molar-refractivity contribution in [2.75, 3.05) is 7.11 Å². The van der Waals surface area contributed by atoms with E-state index in [0.717, 1.165) is 30.4 Å². The lowest BCUT2D eigenvalue weighted by molar-refractivity contribution is -0.146. The molecule has 1 fully saturated rings. The van der Waals surface area contributed by atoms with Crippen LogP contribution < -0.4 is 5.32 Å². The number of carbonyl (C=O) groups is 2. The van der Waals surface area contributed by atoms with E-state index in [2.05, 4.69) is 22.4 Å². The minimum absolute atomic E-state index is 0.164. The molecule has 1 saturated carbocycles. The average molecular weight is 499 g/mol. The number of hydrogen-bond donors (Lipinski definition) is 1. The molecular weight excluding hydrogens is 460 g/mol. The van der Waals surface area contributed by atoms with Crippen LogP contribution in [0.15, 0.2) is 79.1 Å². The normalized spacial score (nSPS) is 15.5. The number of pyridine rings is 1. The van der Waals surface area contributed by atoms with Crippen molar-refractivity contribution in [1.29, 1.82) is 0 Å². The van der Waals surface area contributed by atoms with E-state index in [9.17, 15) is 9.59 Å². The zero-order valence-corrected chi connectivity index (χ0v) is 21.8. The fourth-order valence-electron chi connectivity index (χ4n) is 5.47. The van der Waals surface area contributed by atoms with Gasteiger partial charge in [0.05, 0.1) is 13.0 Å². The number of methoxy groups -OCH3 is 1. The van der Waals surface area contributed by atoms with E-state index in [1.807, 2.05) is 60.8 Å². The van der Waals surface area contributed by atoms with Gasteiger partial charge in [0.1, 0.15) is 0 Å². The van der Waals surface area contributed by atoms with Crippen molar-refractivity contribution < 1.29 is 14.3 Å². The van der Waals surface area contributed by atoms with E-state index in [1.165, 1.54) is 44.8 Å². The number of esters is 1. The maximum atomic E-state index is 13.4. The molecule has 0 aliphatic heterocycles. The first kappa shape index (κ1) is 26.6. The van der Waals surface area contributed by atoms with Crippen molar-refractivity contribution in [3.05, 3.63) is 90.3 Å². The molecular formula is C32H38N2O3. The Morgan fingerprint density at radius 3 is 2.35 bits per heavy atom. The number of rotatable bonds is 11. The molecule has 4 rings (SSSR count). The van der Waals surface area contributed by atoms with Crippen LogP contribution in [-0.4, -0.2) is 30.0 Å². The summed E-state index contributed by atoms with van der Waals surface area (Å²) in [5.74, 6) is -0.107. The van der Waals surface area contributed by atoms with Gasteiger partial charge in [0.2, 0.25) is 0 Å². The first-order valence-electron chi connectivity index (χ1n) is 13.6. The van der Waals surface area contributed by atoms with Crippen LogP contribution in [0, 0.1) is 11.8 Å². The minimum Gasteiger partial charge on any atom is -0.469 e. The first-order valence-corrected chi connectivity index (χ1v) is 13.6. The Morgan fingerprint density at radius 2 is 1.68 bits per heavy atom. The largest absolute Gasteiger partial charge is 0.469 e. The third kappa shape index (κ3) is 7.75. The monoisotopic (exact) mass is 498 g/mol. The average Bonchev–Trinajstić information content (AvgIpc) is 2.97. The summed E-state index contributed by atoms with van der Waals surface area (Å²) in [6, 6.07) is 21.3. The fourth-order valence-corrected chi connectivity index (χ4v) is 5.47. The maximum Gasteiger partial charge on any atom is 0.310 e. The SMILES string of the molecule is COC(=O)[C@H](CCC1CCCCC1)[C@@H](CCc1ccccc1)NC(=O)c1ccc(-c2cccnc2)cc1. The molecule has 0 spiro atoms. The Labute approximate surface area is 220 Å². The van der Waals surface area contributed by atoms with Gasteiger partial charge in [-0.2, -0.15) is 0 Å². The molecule has 1 N–H and O–H groups in total. The number of aryl methyl sites for hydroxylation is 1. The molecule has 5 heteroatoms. The van der Waals surface area contributed by atoms with Crippen LogP contribution in [0.2, 0.25) is 0 Å².